The first-order valence-corrected chi connectivity index (χ1v) is 4.60. The molecule has 1 aromatic rings. The molecule has 0 amide bonds. The quantitative estimate of drug-likeness (QED) is 0.759. The molecule has 2 heterocycles. The summed E-state index contributed by atoms with van der Waals surface area (Å²) < 4.78 is 10.4. The van der Waals surface area contributed by atoms with Crippen LogP contribution in [-0.4, -0.2) is 23.9 Å². The van der Waals surface area contributed by atoms with E-state index in [1.807, 2.05) is 0 Å². The fourth-order valence-electron chi connectivity index (χ4n) is 1.54. The van der Waals surface area contributed by atoms with Gasteiger partial charge in [-0.25, -0.2) is 0 Å². The smallest absolute Gasteiger partial charge is 0.256 e. The summed E-state index contributed by atoms with van der Waals surface area (Å²) in [6.45, 7) is 0.790. The number of rotatable bonds is 2. The Labute approximate surface area is 82.2 Å². The van der Waals surface area contributed by atoms with Gasteiger partial charge in [0.1, 0.15) is 6.10 Å². The van der Waals surface area contributed by atoms with Crippen LogP contribution in [0.5, 0.6) is 5.88 Å². The molecule has 1 aromatic heterocycles. The molecule has 14 heavy (non-hydrogen) atoms. The summed E-state index contributed by atoms with van der Waals surface area (Å²) in [5.74, 6) is 0.367. The van der Waals surface area contributed by atoms with Crippen LogP contribution in [0.25, 0.3) is 0 Å². The van der Waals surface area contributed by atoms with Crippen molar-refractivity contribution in [3.63, 3.8) is 0 Å². The number of nitrogen functional groups attached to an aromatic ring is 1. The van der Waals surface area contributed by atoms with E-state index in [2.05, 4.69) is 10.2 Å². The average Bonchev–Trinajstić information content (AvgIpc) is 2.70. The van der Waals surface area contributed by atoms with E-state index in [0.29, 0.717) is 11.6 Å². The molecule has 1 saturated heterocycles. The zero-order valence-electron chi connectivity index (χ0n) is 8.06. The number of hydrogen-bond acceptors (Lipinski definition) is 5. The van der Waals surface area contributed by atoms with E-state index in [1.54, 1.807) is 6.07 Å². The van der Waals surface area contributed by atoms with Crippen molar-refractivity contribution in [1.29, 1.82) is 0 Å². The van der Waals surface area contributed by atoms with Gasteiger partial charge in [0, 0.05) is 6.61 Å². The van der Waals surface area contributed by atoms with Gasteiger partial charge >= 0.3 is 0 Å². The summed E-state index contributed by atoms with van der Waals surface area (Å²) in [6, 6.07) is 1.77. The third kappa shape index (κ3) is 1.63. The van der Waals surface area contributed by atoms with Crippen LogP contribution in [0.1, 0.15) is 24.6 Å². The van der Waals surface area contributed by atoms with Crippen molar-refractivity contribution in [3.05, 3.63) is 11.8 Å². The first kappa shape index (κ1) is 9.21. The van der Waals surface area contributed by atoms with Gasteiger partial charge in [-0.05, 0) is 18.9 Å². The minimum absolute atomic E-state index is 0.0516. The zero-order chi connectivity index (χ0) is 9.97. The van der Waals surface area contributed by atoms with Gasteiger partial charge in [0.15, 0.2) is 0 Å². The Morgan fingerprint density at radius 2 is 2.43 bits per heavy atom. The minimum Gasteiger partial charge on any atom is -0.478 e. The minimum atomic E-state index is 0.0516. The van der Waals surface area contributed by atoms with Crippen molar-refractivity contribution in [2.75, 3.05) is 19.5 Å². The van der Waals surface area contributed by atoms with Crippen molar-refractivity contribution in [3.8, 4) is 5.88 Å². The molecule has 1 atom stereocenters. The highest BCUT2D eigenvalue weighted by Gasteiger charge is 2.20. The molecule has 1 unspecified atom stereocenters. The van der Waals surface area contributed by atoms with Gasteiger partial charge in [0.05, 0.1) is 18.5 Å². The van der Waals surface area contributed by atoms with Crippen LogP contribution in [0.15, 0.2) is 6.07 Å². The van der Waals surface area contributed by atoms with Crippen LogP contribution in [0.3, 0.4) is 0 Å². The van der Waals surface area contributed by atoms with Gasteiger partial charge in [-0.15, -0.1) is 10.2 Å². The topological polar surface area (TPSA) is 70.3 Å². The monoisotopic (exact) mass is 195 g/mol. The lowest BCUT2D eigenvalue weighted by atomic mass is 10.2. The van der Waals surface area contributed by atoms with E-state index in [9.17, 15) is 0 Å². The molecule has 0 spiro atoms. The summed E-state index contributed by atoms with van der Waals surface area (Å²) in [6.07, 6.45) is 2.11. The normalized spacial score (nSPS) is 21.1. The van der Waals surface area contributed by atoms with Gasteiger partial charge in [0.25, 0.3) is 5.88 Å². The number of nitrogens with two attached hydrogens (primary N) is 1. The molecule has 0 bridgehead atoms. The molecule has 0 saturated carbocycles. The van der Waals surface area contributed by atoms with Crippen molar-refractivity contribution in [1.82, 2.24) is 10.2 Å². The Bertz CT molecular complexity index is 324. The van der Waals surface area contributed by atoms with Crippen molar-refractivity contribution < 1.29 is 9.47 Å². The third-order valence-electron chi connectivity index (χ3n) is 2.26. The lowest BCUT2D eigenvalue weighted by Crippen LogP contribution is -2.04. The maximum Gasteiger partial charge on any atom is 0.256 e. The SMILES string of the molecule is COc1nnc(C2CCCO2)cc1N. The second-order valence-corrected chi connectivity index (χ2v) is 3.24. The summed E-state index contributed by atoms with van der Waals surface area (Å²) in [7, 11) is 1.52. The number of nitrogens with zero attached hydrogens (tertiary/aromatic N) is 2. The lowest BCUT2D eigenvalue weighted by molar-refractivity contribution is 0.108. The van der Waals surface area contributed by atoms with Crippen LogP contribution in [0.2, 0.25) is 0 Å². The molecule has 5 heteroatoms. The number of hydrogen-bond donors (Lipinski definition) is 1. The van der Waals surface area contributed by atoms with Crippen LogP contribution in [0.4, 0.5) is 5.69 Å². The summed E-state index contributed by atoms with van der Waals surface area (Å²) in [4.78, 5) is 0. The van der Waals surface area contributed by atoms with Gasteiger partial charge in [-0.3, -0.25) is 0 Å². The first-order chi connectivity index (χ1) is 6.81. The van der Waals surface area contributed by atoms with Crippen molar-refractivity contribution >= 4 is 5.69 Å². The van der Waals surface area contributed by atoms with E-state index in [4.69, 9.17) is 15.2 Å². The molecule has 76 valence electrons. The largest absolute Gasteiger partial charge is 0.478 e. The molecule has 1 aliphatic rings. The highest BCUT2D eigenvalue weighted by atomic mass is 16.5. The second-order valence-electron chi connectivity index (χ2n) is 3.24. The highest BCUT2D eigenvalue weighted by Crippen LogP contribution is 2.29. The van der Waals surface area contributed by atoms with Crippen LogP contribution in [-0.2, 0) is 4.74 Å². The predicted octanol–water partition coefficient (Wildman–Crippen LogP) is 0.919. The second kappa shape index (κ2) is 3.79. The van der Waals surface area contributed by atoms with E-state index >= 15 is 0 Å². The van der Waals surface area contributed by atoms with Crippen LogP contribution < -0.4 is 10.5 Å². The fraction of sp³-hybridized carbons (Fsp3) is 0.556. The van der Waals surface area contributed by atoms with Crippen LogP contribution in [0, 0.1) is 0 Å². The van der Waals surface area contributed by atoms with E-state index < -0.39 is 0 Å². The lowest BCUT2D eigenvalue weighted by Gasteiger charge is -2.09. The Hall–Kier alpha value is -1.36. The average molecular weight is 195 g/mol. The molecule has 0 radical (unpaired) electrons. The standard InChI is InChI=1S/C9H13N3O2/c1-13-9-6(10)5-7(11-12-9)8-3-2-4-14-8/h5,8H,2-4H2,1H3,(H2,10,11). The van der Waals surface area contributed by atoms with Gasteiger partial charge in [-0.1, -0.05) is 0 Å². The third-order valence-corrected chi connectivity index (χ3v) is 2.26. The summed E-state index contributed by atoms with van der Waals surface area (Å²) in [5, 5.41) is 7.88. The van der Waals surface area contributed by atoms with Gasteiger partial charge in [-0.2, -0.15) is 0 Å². The van der Waals surface area contributed by atoms with Crippen LogP contribution >= 0.6 is 0 Å². The van der Waals surface area contributed by atoms with Crippen molar-refractivity contribution in [2.24, 2.45) is 0 Å². The Morgan fingerprint density at radius 1 is 1.57 bits per heavy atom. The molecular formula is C9H13N3O2. The Morgan fingerprint density at radius 3 is 3.00 bits per heavy atom. The molecular weight excluding hydrogens is 182 g/mol. The highest BCUT2D eigenvalue weighted by molar-refractivity contribution is 5.47. The molecule has 2 N–H and O–H groups in total. The van der Waals surface area contributed by atoms with Gasteiger partial charge < -0.3 is 15.2 Å². The fourth-order valence-corrected chi connectivity index (χ4v) is 1.54. The number of methoxy groups -OCH3 is 1. The first-order valence-electron chi connectivity index (χ1n) is 4.60. The summed E-state index contributed by atoms with van der Waals surface area (Å²) in [5.41, 5.74) is 7.02. The number of anilines is 1. The number of aromatic nitrogens is 2. The molecule has 1 aliphatic heterocycles. The van der Waals surface area contributed by atoms with Crippen molar-refractivity contribution in [2.45, 2.75) is 18.9 Å². The maximum absolute atomic E-state index is 5.72. The zero-order valence-corrected chi connectivity index (χ0v) is 8.06. The molecule has 1 fully saturated rings. The number of ether oxygens (including phenoxy) is 2. The Balaban J connectivity index is 2.23. The van der Waals surface area contributed by atoms with Gasteiger partial charge in [0.2, 0.25) is 0 Å². The predicted molar refractivity (Wildman–Crippen MR) is 50.9 cm³/mol. The molecule has 0 aliphatic carbocycles. The van der Waals surface area contributed by atoms with E-state index in [0.717, 1.165) is 25.1 Å². The molecule has 5 nitrogen and oxygen atoms in total. The molecule has 0 aromatic carbocycles. The summed E-state index contributed by atoms with van der Waals surface area (Å²) >= 11 is 0. The van der Waals surface area contributed by atoms with E-state index in [-0.39, 0.29) is 6.10 Å². The maximum atomic E-state index is 5.72. The Kier molecular flexibility index (Phi) is 2.49. The molecule has 2 rings (SSSR count). The van der Waals surface area contributed by atoms with E-state index in [1.165, 1.54) is 7.11 Å².